The van der Waals surface area contributed by atoms with E-state index in [1.807, 2.05) is 0 Å². The van der Waals surface area contributed by atoms with E-state index in [1.54, 1.807) is 16.8 Å². The molecule has 1 aromatic carbocycles. The smallest absolute Gasteiger partial charge is 0.150 e. The number of aryl methyl sites for hydroxylation is 1. The Balaban J connectivity index is 2.26. The predicted molar refractivity (Wildman–Crippen MR) is 72.4 cm³/mol. The Morgan fingerprint density at radius 3 is 2.53 bits per heavy atom. The second-order valence-electron chi connectivity index (χ2n) is 4.58. The molecule has 100 valence electrons. The summed E-state index contributed by atoms with van der Waals surface area (Å²) >= 11 is 0. The number of unbranched alkanes of at least 4 members (excludes halogenated alkanes) is 3. The summed E-state index contributed by atoms with van der Waals surface area (Å²) in [6, 6.07) is 3.30. The molecule has 19 heavy (non-hydrogen) atoms. The van der Waals surface area contributed by atoms with Crippen LogP contribution in [0.5, 0.6) is 0 Å². The zero-order valence-electron chi connectivity index (χ0n) is 11.0. The molecular weight excluding hydrogens is 242 g/mol. The third kappa shape index (κ3) is 2.86. The van der Waals surface area contributed by atoms with E-state index in [4.69, 9.17) is 0 Å². The lowest BCUT2D eigenvalue weighted by Crippen LogP contribution is -2.01. The standard InChI is InChI=1S/C14H17N3O2/c1-2-3-4-5-6-17-14-8-12(10-19)11(9-18)7-13(14)15-16-17/h7-10H,2-6H2,1H3. The fourth-order valence-electron chi connectivity index (χ4n) is 2.10. The second kappa shape index (κ2) is 6.22. The normalized spacial score (nSPS) is 10.8. The van der Waals surface area contributed by atoms with Crippen molar-refractivity contribution in [2.24, 2.45) is 0 Å². The van der Waals surface area contributed by atoms with E-state index in [-0.39, 0.29) is 0 Å². The Bertz CT molecular complexity index is 590. The van der Waals surface area contributed by atoms with Crippen LogP contribution in [0.1, 0.15) is 53.3 Å². The molecule has 0 N–H and O–H groups in total. The third-order valence-electron chi connectivity index (χ3n) is 3.20. The highest BCUT2D eigenvalue weighted by atomic mass is 16.1. The number of rotatable bonds is 7. The molecule has 1 aromatic heterocycles. The Morgan fingerprint density at radius 1 is 1.11 bits per heavy atom. The van der Waals surface area contributed by atoms with Crippen molar-refractivity contribution in [3.8, 4) is 0 Å². The Morgan fingerprint density at radius 2 is 1.84 bits per heavy atom. The van der Waals surface area contributed by atoms with E-state index in [0.29, 0.717) is 29.2 Å². The Labute approximate surface area is 111 Å². The maximum Gasteiger partial charge on any atom is 0.150 e. The lowest BCUT2D eigenvalue weighted by atomic mass is 10.1. The quantitative estimate of drug-likeness (QED) is 0.566. The van der Waals surface area contributed by atoms with Gasteiger partial charge in [0.25, 0.3) is 0 Å². The van der Waals surface area contributed by atoms with Crippen LogP contribution in [0.4, 0.5) is 0 Å². The lowest BCUT2D eigenvalue weighted by Gasteiger charge is -2.03. The van der Waals surface area contributed by atoms with Gasteiger partial charge in [-0.15, -0.1) is 5.10 Å². The number of benzene rings is 1. The molecule has 5 heteroatoms. The van der Waals surface area contributed by atoms with E-state index in [1.165, 1.54) is 12.8 Å². The van der Waals surface area contributed by atoms with Gasteiger partial charge in [-0.1, -0.05) is 31.4 Å². The molecule has 1 heterocycles. The highest BCUT2D eigenvalue weighted by molar-refractivity contribution is 5.96. The molecule has 0 fully saturated rings. The Kier molecular flexibility index (Phi) is 4.39. The number of hydrogen-bond acceptors (Lipinski definition) is 4. The maximum absolute atomic E-state index is 11.0. The van der Waals surface area contributed by atoms with Gasteiger partial charge in [-0.2, -0.15) is 0 Å². The topological polar surface area (TPSA) is 64.8 Å². The van der Waals surface area contributed by atoms with Crippen LogP contribution in [0.2, 0.25) is 0 Å². The zero-order valence-corrected chi connectivity index (χ0v) is 11.0. The number of fused-ring (bicyclic) bond motifs is 1. The zero-order chi connectivity index (χ0) is 13.7. The van der Waals surface area contributed by atoms with Crippen molar-refractivity contribution in [2.45, 2.75) is 39.2 Å². The summed E-state index contributed by atoms with van der Waals surface area (Å²) in [5, 5.41) is 8.12. The minimum atomic E-state index is 0.362. The van der Waals surface area contributed by atoms with Crippen LogP contribution in [0, 0.1) is 0 Å². The van der Waals surface area contributed by atoms with Gasteiger partial charge in [0, 0.05) is 17.7 Å². The predicted octanol–water partition coefficient (Wildman–Crippen LogP) is 2.64. The highest BCUT2D eigenvalue weighted by Gasteiger charge is 2.09. The van der Waals surface area contributed by atoms with Crippen LogP contribution in [0.25, 0.3) is 11.0 Å². The molecule has 0 aliphatic rings. The van der Waals surface area contributed by atoms with Crippen molar-refractivity contribution >= 4 is 23.6 Å². The SMILES string of the molecule is CCCCCCn1nnc2cc(C=O)c(C=O)cc21. The van der Waals surface area contributed by atoms with E-state index in [2.05, 4.69) is 17.2 Å². The average molecular weight is 259 g/mol. The lowest BCUT2D eigenvalue weighted by molar-refractivity contribution is 0.109. The molecule has 0 aliphatic carbocycles. The fraction of sp³-hybridized carbons (Fsp3) is 0.429. The van der Waals surface area contributed by atoms with Gasteiger partial charge in [0.05, 0.1) is 5.52 Å². The molecule has 0 saturated carbocycles. The first-order valence-electron chi connectivity index (χ1n) is 6.57. The summed E-state index contributed by atoms with van der Waals surface area (Å²) in [6.45, 7) is 2.96. The summed E-state index contributed by atoms with van der Waals surface area (Å²) in [6.07, 6.45) is 5.96. The van der Waals surface area contributed by atoms with E-state index in [0.717, 1.165) is 24.9 Å². The summed E-state index contributed by atoms with van der Waals surface area (Å²) in [4.78, 5) is 21.8. The summed E-state index contributed by atoms with van der Waals surface area (Å²) in [7, 11) is 0. The molecule has 5 nitrogen and oxygen atoms in total. The molecule has 2 rings (SSSR count). The number of nitrogens with zero attached hydrogens (tertiary/aromatic N) is 3. The maximum atomic E-state index is 11.0. The molecule has 0 atom stereocenters. The van der Waals surface area contributed by atoms with E-state index < -0.39 is 0 Å². The molecule has 0 radical (unpaired) electrons. The van der Waals surface area contributed by atoms with Gasteiger partial charge in [-0.25, -0.2) is 4.68 Å². The number of aromatic nitrogens is 3. The minimum Gasteiger partial charge on any atom is -0.298 e. The van der Waals surface area contributed by atoms with Crippen molar-refractivity contribution in [3.63, 3.8) is 0 Å². The van der Waals surface area contributed by atoms with Crippen molar-refractivity contribution in [2.75, 3.05) is 0 Å². The van der Waals surface area contributed by atoms with Gasteiger partial charge < -0.3 is 0 Å². The van der Waals surface area contributed by atoms with Gasteiger partial charge in [-0.3, -0.25) is 9.59 Å². The molecule has 0 spiro atoms. The molecule has 0 bridgehead atoms. The number of carbonyl (C=O) groups excluding carboxylic acids is 2. The molecule has 2 aromatic rings. The van der Waals surface area contributed by atoms with Crippen LogP contribution < -0.4 is 0 Å². The summed E-state index contributed by atoms with van der Waals surface area (Å²) in [5.74, 6) is 0. The van der Waals surface area contributed by atoms with Gasteiger partial charge in [-0.05, 0) is 18.6 Å². The van der Waals surface area contributed by atoms with Crippen molar-refractivity contribution in [1.29, 1.82) is 0 Å². The molecule has 0 aliphatic heterocycles. The van der Waals surface area contributed by atoms with Gasteiger partial charge in [0.15, 0.2) is 12.6 Å². The van der Waals surface area contributed by atoms with Crippen molar-refractivity contribution in [1.82, 2.24) is 15.0 Å². The van der Waals surface area contributed by atoms with Crippen LogP contribution >= 0.6 is 0 Å². The first kappa shape index (κ1) is 13.4. The van der Waals surface area contributed by atoms with Crippen molar-refractivity contribution in [3.05, 3.63) is 23.3 Å². The number of aldehydes is 2. The molecule has 0 unspecified atom stereocenters. The largest absolute Gasteiger partial charge is 0.298 e. The van der Waals surface area contributed by atoms with Crippen LogP contribution in [0.3, 0.4) is 0 Å². The van der Waals surface area contributed by atoms with Gasteiger partial charge in [0.2, 0.25) is 0 Å². The number of hydrogen-bond donors (Lipinski definition) is 0. The minimum absolute atomic E-state index is 0.362. The molecule has 0 saturated heterocycles. The fourth-order valence-corrected chi connectivity index (χ4v) is 2.10. The Hall–Kier alpha value is -2.04. The first-order chi connectivity index (χ1) is 9.30. The molecule has 0 amide bonds. The van der Waals surface area contributed by atoms with E-state index in [9.17, 15) is 9.59 Å². The van der Waals surface area contributed by atoms with Gasteiger partial charge >= 0.3 is 0 Å². The van der Waals surface area contributed by atoms with Crippen LogP contribution in [0.15, 0.2) is 12.1 Å². The monoisotopic (exact) mass is 259 g/mol. The van der Waals surface area contributed by atoms with Crippen LogP contribution in [-0.4, -0.2) is 27.6 Å². The summed E-state index contributed by atoms with van der Waals surface area (Å²) in [5.41, 5.74) is 2.22. The number of carbonyl (C=O) groups is 2. The van der Waals surface area contributed by atoms with Crippen molar-refractivity contribution < 1.29 is 9.59 Å². The molecular formula is C14H17N3O2. The van der Waals surface area contributed by atoms with Crippen LogP contribution in [-0.2, 0) is 6.54 Å². The third-order valence-corrected chi connectivity index (χ3v) is 3.20. The first-order valence-corrected chi connectivity index (χ1v) is 6.57. The average Bonchev–Trinajstić information content (AvgIpc) is 2.84. The van der Waals surface area contributed by atoms with Gasteiger partial charge in [0.1, 0.15) is 5.52 Å². The highest BCUT2D eigenvalue weighted by Crippen LogP contribution is 2.17. The summed E-state index contributed by atoms with van der Waals surface area (Å²) < 4.78 is 1.80. The second-order valence-corrected chi connectivity index (χ2v) is 4.58. The van der Waals surface area contributed by atoms with E-state index >= 15 is 0 Å².